The van der Waals surface area contributed by atoms with E-state index in [1.54, 1.807) is 0 Å². The molecule has 1 aromatic carbocycles. The first kappa shape index (κ1) is 18.8. The Bertz CT molecular complexity index is 1110. The van der Waals surface area contributed by atoms with E-state index in [1.165, 1.54) is 5.56 Å². The molecule has 1 aliphatic rings. The maximum Gasteiger partial charge on any atom is 0.180 e. The Morgan fingerprint density at radius 1 is 0.967 bits per heavy atom. The number of aliphatic hydroxyl groups excluding tert-OH is 1. The summed E-state index contributed by atoms with van der Waals surface area (Å²) in [5.74, 6) is 0.907. The van der Waals surface area contributed by atoms with Crippen molar-refractivity contribution in [2.24, 2.45) is 0 Å². The van der Waals surface area contributed by atoms with Crippen molar-refractivity contribution in [3.05, 3.63) is 66.9 Å². The summed E-state index contributed by atoms with van der Waals surface area (Å²) in [6.45, 7) is 5.26. The molecule has 154 valence electrons. The van der Waals surface area contributed by atoms with Gasteiger partial charge in [0, 0.05) is 56.9 Å². The number of nitrogens with zero attached hydrogens (tertiary/aromatic N) is 7. The van der Waals surface area contributed by atoms with Crippen LogP contribution in [0.25, 0.3) is 16.9 Å². The second kappa shape index (κ2) is 8.25. The Kier molecular flexibility index (Phi) is 5.17. The molecule has 0 radical (unpaired) electrons. The quantitative estimate of drug-likeness (QED) is 0.529. The minimum absolute atomic E-state index is 0.204. The molecule has 1 aliphatic heterocycles. The van der Waals surface area contributed by atoms with Gasteiger partial charge in [-0.2, -0.15) is 5.10 Å². The van der Waals surface area contributed by atoms with Crippen LogP contribution >= 0.6 is 0 Å². The van der Waals surface area contributed by atoms with Crippen LogP contribution < -0.4 is 4.90 Å². The molecule has 0 bridgehead atoms. The summed E-state index contributed by atoms with van der Waals surface area (Å²) < 4.78 is 4.04. The zero-order valence-corrected chi connectivity index (χ0v) is 16.8. The highest BCUT2D eigenvalue weighted by molar-refractivity contribution is 5.70. The fraction of sp³-hybridized carbons (Fsp3) is 0.318. The minimum atomic E-state index is 0.204. The molecule has 1 fully saturated rings. The number of fused-ring (bicyclic) bond motifs is 1. The lowest BCUT2D eigenvalue weighted by Crippen LogP contribution is -2.47. The summed E-state index contributed by atoms with van der Waals surface area (Å²) in [6.07, 6.45) is 9.64. The molecule has 30 heavy (non-hydrogen) atoms. The molecule has 8 nitrogen and oxygen atoms in total. The fourth-order valence-electron chi connectivity index (χ4n) is 4.02. The molecular formula is C22H25N7O. The van der Waals surface area contributed by atoms with E-state index in [-0.39, 0.29) is 6.61 Å². The number of aromatic nitrogens is 5. The van der Waals surface area contributed by atoms with E-state index < -0.39 is 0 Å². The molecule has 1 saturated heterocycles. The van der Waals surface area contributed by atoms with Gasteiger partial charge in [0.2, 0.25) is 0 Å². The second-order valence-electron chi connectivity index (χ2n) is 7.55. The zero-order chi connectivity index (χ0) is 20.3. The highest BCUT2D eigenvalue weighted by Crippen LogP contribution is 2.26. The van der Waals surface area contributed by atoms with E-state index in [2.05, 4.69) is 42.6 Å². The van der Waals surface area contributed by atoms with Gasteiger partial charge in [0.15, 0.2) is 11.5 Å². The molecule has 1 N–H and O–H groups in total. The molecule has 0 spiro atoms. The third kappa shape index (κ3) is 3.67. The van der Waals surface area contributed by atoms with Gasteiger partial charge < -0.3 is 10.0 Å². The second-order valence-corrected chi connectivity index (χ2v) is 7.55. The number of rotatable bonds is 6. The highest BCUT2D eigenvalue weighted by atomic mass is 16.3. The maximum absolute atomic E-state index is 9.15. The first-order valence-electron chi connectivity index (χ1n) is 10.3. The normalized spacial score (nSPS) is 15.2. The van der Waals surface area contributed by atoms with Crippen molar-refractivity contribution >= 4 is 11.5 Å². The summed E-state index contributed by atoms with van der Waals surface area (Å²) in [7, 11) is 0. The molecule has 4 heterocycles. The molecule has 0 atom stereocenters. The number of aliphatic hydroxyl groups is 1. The average Bonchev–Trinajstić information content (AvgIpc) is 3.45. The minimum Gasteiger partial charge on any atom is -0.395 e. The van der Waals surface area contributed by atoms with Gasteiger partial charge >= 0.3 is 0 Å². The van der Waals surface area contributed by atoms with E-state index in [0.29, 0.717) is 0 Å². The van der Waals surface area contributed by atoms with Crippen molar-refractivity contribution in [2.45, 2.75) is 6.54 Å². The molecule has 0 unspecified atom stereocenters. The summed E-state index contributed by atoms with van der Waals surface area (Å²) in [4.78, 5) is 13.9. The van der Waals surface area contributed by atoms with Crippen LogP contribution in [0.3, 0.4) is 0 Å². The van der Waals surface area contributed by atoms with Gasteiger partial charge in [0.25, 0.3) is 0 Å². The predicted octanol–water partition coefficient (Wildman–Crippen LogP) is 1.76. The van der Waals surface area contributed by atoms with Crippen molar-refractivity contribution in [3.63, 3.8) is 0 Å². The highest BCUT2D eigenvalue weighted by Gasteiger charge is 2.21. The largest absolute Gasteiger partial charge is 0.395 e. The van der Waals surface area contributed by atoms with Crippen LogP contribution in [-0.2, 0) is 6.54 Å². The van der Waals surface area contributed by atoms with Crippen LogP contribution in [-0.4, -0.2) is 73.5 Å². The molecule has 5 rings (SSSR count). The summed E-state index contributed by atoms with van der Waals surface area (Å²) in [6, 6.07) is 10.3. The number of anilines is 1. The molecule has 0 aliphatic carbocycles. The first-order chi connectivity index (χ1) is 14.8. The predicted molar refractivity (Wildman–Crippen MR) is 115 cm³/mol. The molecule has 3 aromatic heterocycles. The summed E-state index contributed by atoms with van der Waals surface area (Å²) in [5, 5.41) is 13.7. The van der Waals surface area contributed by atoms with E-state index >= 15 is 0 Å². The Morgan fingerprint density at radius 2 is 1.80 bits per heavy atom. The molecule has 0 saturated carbocycles. The Morgan fingerprint density at radius 3 is 2.60 bits per heavy atom. The van der Waals surface area contributed by atoms with Gasteiger partial charge in [-0.1, -0.05) is 30.3 Å². The lowest BCUT2D eigenvalue weighted by molar-refractivity contribution is 0.188. The lowest BCUT2D eigenvalue weighted by atomic mass is 10.2. The Hall–Kier alpha value is -3.23. The van der Waals surface area contributed by atoms with E-state index in [9.17, 15) is 0 Å². The van der Waals surface area contributed by atoms with E-state index in [0.717, 1.165) is 62.0 Å². The van der Waals surface area contributed by atoms with Crippen molar-refractivity contribution in [1.82, 2.24) is 29.0 Å². The standard InChI is InChI=1S/C22H25N7O/c30-13-12-26-8-10-27(11-9-26)21-22-23-6-7-29(22)20(15-24-21)19-14-25-28(17-19)16-18-4-2-1-3-5-18/h1-7,14-15,17,30H,8-13,16H2. The van der Waals surface area contributed by atoms with Crippen LogP contribution in [0.15, 0.2) is 61.3 Å². The Labute approximate surface area is 175 Å². The number of hydrogen-bond donors (Lipinski definition) is 1. The Balaban J connectivity index is 1.40. The zero-order valence-electron chi connectivity index (χ0n) is 16.8. The number of β-amino-alcohol motifs (C(OH)–C–C–N with tert-alkyl or cyclic N) is 1. The fourth-order valence-corrected chi connectivity index (χ4v) is 4.02. The van der Waals surface area contributed by atoms with Crippen molar-refractivity contribution in [2.75, 3.05) is 44.2 Å². The monoisotopic (exact) mass is 403 g/mol. The van der Waals surface area contributed by atoms with Gasteiger partial charge in [0.1, 0.15) is 0 Å². The third-order valence-corrected chi connectivity index (χ3v) is 5.61. The number of piperazine rings is 1. The molecule has 4 aromatic rings. The first-order valence-corrected chi connectivity index (χ1v) is 10.3. The van der Waals surface area contributed by atoms with Gasteiger partial charge in [-0.15, -0.1) is 0 Å². The van der Waals surface area contributed by atoms with Crippen LogP contribution in [0.1, 0.15) is 5.56 Å². The van der Waals surface area contributed by atoms with Crippen LogP contribution in [0, 0.1) is 0 Å². The number of hydrogen-bond acceptors (Lipinski definition) is 6. The average molecular weight is 403 g/mol. The lowest BCUT2D eigenvalue weighted by Gasteiger charge is -2.35. The van der Waals surface area contributed by atoms with Crippen molar-refractivity contribution in [3.8, 4) is 11.3 Å². The van der Waals surface area contributed by atoms with Gasteiger partial charge in [0.05, 0.1) is 31.2 Å². The molecule has 0 amide bonds. The van der Waals surface area contributed by atoms with Crippen molar-refractivity contribution in [1.29, 1.82) is 0 Å². The number of imidazole rings is 1. The molecule has 8 heteroatoms. The van der Waals surface area contributed by atoms with E-state index in [4.69, 9.17) is 10.1 Å². The van der Waals surface area contributed by atoms with Gasteiger partial charge in [-0.25, -0.2) is 9.97 Å². The third-order valence-electron chi connectivity index (χ3n) is 5.61. The smallest absolute Gasteiger partial charge is 0.180 e. The van der Waals surface area contributed by atoms with Crippen LogP contribution in [0.5, 0.6) is 0 Å². The van der Waals surface area contributed by atoms with Gasteiger partial charge in [-0.05, 0) is 5.56 Å². The topological polar surface area (TPSA) is 74.7 Å². The molecular weight excluding hydrogens is 378 g/mol. The van der Waals surface area contributed by atoms with Crippen LogP contribution in [0.4, 0.5) is 5.82 Å². The van der Waals surface area contributed by atoms with Gasteiger partial charge in [-0.3, -0.25) is 14.0 Å². The summed E-state index contributed by atoms with van der Waals surface area (Å²) in [5.41, 5.74) is 4.07. The summed E-state index contributed by atoms with van der Waals surface area (Å²) >= 11 is 0. The maximum atomic E-state index is 9.15. The van der Waals surface area contributed by atoms with Crippen LogP contribution in [0.2, 0.25) is 0 Å². The van der Waals surface area contributed by atoms with Crippen molar-refractivity contribution < 1.29 is 5.11 Å². The SMILES string of the molecule is OCCN1CCN(c2ncc(-c3cnn(Cc4ccccc4)c3)n3ccnc23)CC1. The number of benzene rings is 1. The van der Waals surface area contributed by atoms with E-state index in [1.807, 2.05) is 47.7 Å².